The Morgan fingerprint density at radius 1 is 1.44 bits per heavy atom. The molecular formula is C15H21NO2. The van der Waals surface area contributed by atoms with Gasteiger partial charge in [0.1, 0.15) is 0 Å². The summed E-state index contributed by atoms with van der Waals surface area (Å²) in [5.74, 6) is 0.375. The molecule has 18 heavy (non-hydrogen) atoms. The molecule has 0 aliphatic carbocycles. The van der Waals surface area contributed by atoms with Gasteiger partial charge in [-0.3, -0.25) is 0 Å². The van der Waals surface area contributed by atoms with Crippen molar-refractivity contribution in [2.24, 2.45) is 5.92 Å². The summed E-state index contributed by atoms with van der Waals surface area (Å²) in [5, 5.41) is 3.32. The van der Waals surface area contributed by atoms with Crippen LogP contribution in [0.15, 0.2) is 18.2 Å². The molecule has 0 spiro atoms. The van der Waals surface area contributed by atoms with Gasteiger partial charge >= 0.3 is 5.97 Å². The van der Waals surface area contributed by atoms with Crippen LogP contribution in [-0.4, -0.2) is 19.1 Å². The molecular weight excluding hydrogens is 226 g/mol. The van der Waals surface area contributed by atoms with Gasteiger partial charge in [-0.25, -0.2) is 4.79 Å². The Labute approximate surface area is 109 Å². The van der Waals surface area contributed by atoms with Gasteiger partial charge in [-0.2, -0.15) is 0 Å². The van der Waals surface area contributed by atoms with Gasteiger partial charge in [0.25, 0.3) is 0 Å². The van der Waals surface area contributed by atoms with E-state index in [1.807, 2.05) is 18.2 Å². The Kier molecular flexibility index (Phi) is 4.24. The second-order valence-electron chi connectivity index (χ2n) is 5.18. The zero-order valence-electron chi connectivity index (χ0n) is 11.2. The van der Waals surface area contributed by atoms with Crippen LogP contribution in [0.2, 0.25) is 0 Å². The Balaban J connectivity index is 2.06. The maximum atomic E-state index is 12.0. The molecule has 0 saturated carbocycles. The lowest BCUT2D eigenvalue weighted by atomic mass is 9.98. The first-order valence-corrected chi connectivity index (χ1v) is 6.71. The first-order valence-electron chi connectivity index (χ1n) is 6.71. The molecule has 0 radical (unpaired) electrons. The highest BCUT2D eigenvalue weighted by Crippen LogP contribution is 2.25. The van der Waals surface area contributed by atoms with Gasteiger partial charge in [0.2, 0.25) is 0 Å². The molecule has 0 atom stereocenters. The number of anilines is 1. The average Bonchev–Trinajstić information content (AvgIpc) is 2.37. The average molecular weight is 247 g/mol. The quantitative estimate of drug-likeness (QED) is 0.830. The van der Waals surface area contributed by atoms with Crippen LogP contribution in [0.4, 0.5) is 5.69 Å². The summed E-state index contributed by atoms with van der Waals surface area (Å²) in [6, 6.07) is 5.80. The predicted molar refractivity (Wildman–Crippen MR) is 73.0 cm³/mol. The molecule has 0 amide bonds. The Morgan fingerprint density at radius 2 is 2.28 bits per heavy atom. The van der Waals surface area contributed by atoms with Crippen molar-refractivity contribution in [3.05, 3.63) is 29.3 Å². The topological polar surface area (TPSA) is 38.3 Å². The molecule has 3 heteroatoms. The second-order valence-corrected chi connectivity index (χ2v) is 5.18. The first kappa shape index (κ1) is 12.9. The lowest BCUT2D eigenvalue weighted by molar-refractivity contribution is 0.0487. The summed E-state index contributed by atoms with van der Waals surface area (Å²) in [6.45, 7) is 5.75. The van der Waals surface area contributed by atoms with E-state index in [9.17, 15) is 4.79 Å². The molecule has 1 N–H and O–H groups in total. The monoisotopic (exact) mass is 247 g/mol. The third-order valence-corrected chi connectivity index (χ3v) is 3.24. The first-order chi connectivity index (χ1) is 8.68. The normalized spacial score (nSPS) is 13.9. The minimum absolute atomic E-state index is 0.184. The van der Waals surface area contributed by atoms with Crippen molar-refractivity contribution < 1.29 is 9.53 Å². The Bertz CT molecular complexity index is 427. The minimum Gasteiger partial charge on any atom is -0.462 e. The molecule has 0 bridgehead atoms. The van der Waals surface area contributed by atoms with Gasteiger partial charge in [0.15, 0.2) is 0 Å². The lowest BCUT2D eigenvalue weighted by Gasteiger charge is -2.20. The molecule has 0 aromatic heterocycles. The van der Waals surface area contributed by atoms with Crippen molar-refractivity contribution in [3.63, 3.8) is 0 Å². The van der Waals surface area contributed by atoms with Crippen molar-refractivity contribution >= 4 is 11.7 Å². The summed E-state index contributed by atoms with van der Waals surface area (Å²) >= 11 is 0. The number of carbonyl (C=O) groups excluding carboxylic acids is 1. The third-order valence-electron chi connectivity index (χ3n) is 3.24. The molecule has 0 fully saturated rings. The maximum Gasteiger partial charge on any atom is 0.338 e. The van der Waals surface area contributed by atoms with E-state index in [4.69, 9.17) is 4.74 Å². The maximum absolute atomic E-state index is 12.0. The molecule has 1 heterocycles. The fourth-order valence-corrected chi connectivity index (χ4v) is 2.17. The third kappa shape index (κ3) is 3.03. The number of fused-ring (bicyclic) bond motifs is 1. The van der Waals surface area contributed by atoms with E-state index in [1.54, 1.807) is 0 Å². The smallest absolute Gasteiger partial charge is 0.338 e. The number of hydrogen-bond donors (Lipinski definition) is 1. The van der Waals surface area contributed by atoms with Gasteiger partial charge in [-0.15, -0.1) is 0 Å². The number of rotatable bonds is 4. The number of esters is 1. The highest BCUT2D eigenvalue weighted by Gasteiger charge is 2.18. The van der Waals surface area contributed by atoms with Crippen LogP contribution in [0.5, 0.6) is 0 Å². The van der Waals surface area contributed by atoms with Gasteiger partial charge in [0.05, 0.1) is 12.2 Å². The summed E-state index contributed by atoms with van der Waals surface area (Å²) < 4.78 is 5.34. The molecule has 98 valence electrons. The van der Waals surface area contributed by atoms with Crippen LogP contribution in [-0.2, 0) is 11.2 Å². The molecule has 1 aliphatic rings. The van der Waals surface area contributed by atoms with Crippen molar-refractivity contribution in [1.82, 2.24) is 0 Å². The molecule has 0 unspecified atom stereocenters. The van der Waals surface area contributed by atoms with Crippen LogP contribution in [0.3, 0.4) is 0 Å². The van der Waals surface area contributed by atoms with Crippen LogP contribution in [0.25, 0.3) is 0 Å². The number of carbonyl (C=O) groups is 1. The highest BCUT2D eigenvalue weighted by molar-refractivity contribution is 5.93. The lowest BCUT2D eigenvalue weighted by Crippen LogP contribution is -2.17. The van der Waals surface area contributed by atoms with Crippen molar-refractivity contribution in [2.75, 3.05) is 18.5 Å². The van der Waals surface area contributed by atoms with Gasteiger partial charge < -0.3 is 10.1 Å². The van der Waals surface area contributed by atoms with E-state index < -0.39 is 0 Å². The zero-order valence-corrected chi connectivity index (χ0v) is 11.2. The number of ether oxygens (including phenoxy) is 1. The predicted octanol–water partition coefficient (Wildman–Crippen LogP) is 3.25. The molecule has 1 aromatic rings. The van der Waals surface area contributed by atoms with E-state index in [2.05, 4.69) is 19.2 Å². The minimum atomic E-state index is -0.184. The van der Waals surface area contributed by atoms with Gasteiger partial charge in [-0.05, 0) is 42.9 Å². The van der Waals surface area contributed by atoms with E-state index in [1.165, 1.54) is 0 Å². The molecule has 2 rings (SSSR count). The standard InChI is InChI=1S/C15H21NO2/c1-11(2)8-10-18-15(17)13-5-3-7-14-12(13)6-4-9-16-14/h3,5,7,11,16H,4,6,8-10H2,1-2H3. The number of nitrogens with one attached hydrogen (secondary N) is 1. The molecule has 1 aliphatic heterocycles. The van der Waals surface area contributed by atoms with Gasteiger partial charge in [-0.1, -0.05) is 19.9 Å². The largest absolute Gasteiger partial charge is 0.462 e. The van der Waals surface area contributed by atoms with E-state index in [-0.39, 0.29) is 5.97 Å². The van der Waals surface area contributed by atoms with Crippen LogP contribution < -0.4 is 5.32 Å². The van der Waals surface area contributed by atoms with Crippen molar-refractivity contribution in [1.29, 1.82) is 0 Å². The Hall–Kier alpha value is -1.51. The zero-order chi connectivity index (χ0) is 13.0. The highest BCUT2D eigenvalue weighted by atomic mass is 16.5. The van der Waals surface area contributed by atoms with Crippen LogP contribution >= 0.6 is 0 Å². The summed E-state index contributed by atoms with van der Waals surface area (Å²) in [6.07, 6.45) is 2.94. The van der Waals surface area contributed by atoms with Crippen LogP contribution in [0.1, 0.15) is 42.6 Å². The van der Waals surface area contributed by atoms with Gasteiger partial charge in [0, 0.05) is 12.2 Å². The molecule has 1 aromatic carbocycles. The fourth-order valence-electron chi connectivity index (χ4n) is 2.17. The van der Waals surface area contributed by atoms with Crippen LogP contribution in [0, 0.1) is 5.92 Å². The molecule has 3 nitrogen and oxygen atoms in total. The summed E-state index contributed by atoms with van der Waals surface area (Å²) in [7, 11) is 0. The number of benzene rings is 1. The van der Waals surface area contributed by atoms with E-state index >= 15 is 0 Å². The SMILES string of the molecule is CC(C)CCOC(=O)c1cccc2c1CCCN2. The van der Waals surface area contributed by atoms with E-state index in [0.717, 1.165) is 42.6 Å². The number of hydrogen-bond acceptors (Lipinski definition) is 3. The Morgan fingerprint density at radius 3 is 3.06 bits per heavy atom. The molecule has 0 saturated heterocycles. The summed E-state index contributed by atoms with van der Waals surface area (Å²) in [4.78, 5) is 12.0. The van der Waals surface area contributed by atoms with Crippen molar-refractivity contribution in [2.45, 2.75) is 33.1 Å². The summed E-state index contributed by atoms with van der Waals surface area (Å²) in [5.41, 5.74) is 2.92. The fraction of sp³-hybridized carbons (Fsp3) is 0.533. The van der Waals surface area contributed by atoms with Crippen molar-refractivity contribution in [3.8, 4) is 0 Å². The second kappa shape index (κ2) is 5.89. The van der Waals surface area contributed by atoms with E-state index in [0.29, 0.717) is 12.5 Å².